The molecule has 5 heteroatoms. The molecule has 1 aromatic rings. The highest BCUT2D eigenvalue weighted by Crippen LogP contribution is 1.93. The number of esters is 1. The third-order valence-electron chi connectivity index (χ3n) is 1.65. The molecule has 0 aromatic carbocycles. The predicted octanol–water partition coefficient (Wildman–Crippen LogP) is 0.371. The van der Waals surface area contributed by atoms with Crippen LogP contribution in [0.25, 0.3) is 0 Å². The van der Waals surface area contributed by atoms with Crippen molar-refractivity contribution in [3.05, 3.63) is 17.7 Å². The summed E-state index contributed by atoms with van der Waals surface area (Å²) in [5, 5.41) is 2.95. The highest BCUT2D eigenvalue weighted by molar-refractivity contribution is 5.71. The van der Waals surface area contributed by atoms with Crippen LogP contribution in [-0.4, -0.2) is 29.1 Å². The number of aromatic amines is 1. The zero-order valence-corrected chi connectivity index (χ0v) is 8.46. The van der Waals surface area contributed by atoms with Crippen molar-refractivity contribution in [3.63, 3.8) is 0 Å². The third kappa shape index (κ3) is 3.57. The van der Waals surface area contributed by atoms with Crippen molar-refractivity contribution in [2.75, 3.05) is 13.2 Å². The first-order valence-corrected chi connectivity index (χ1v) is 4.59. The molecule has 0 aliphatic carbocycles. The average Bonchev–Trinajstić information content (AvgIpc) is 2.52. The topological polar surface area (TPSA) is 67.0 Å². The molecule has 2 N–H and O–H groups in total. The van der Waals surface area contributed by atoms with Gasteiger partial charge < -0.3 is 15.0 Å². The second-order valence-corrected chi connectivity index (χ2v) is 2.90. The fourth-order valence-electron chi connectivity index (χ4n) is 1.07. The minimum absolute atomic E-state index is 0.228. The van der Waals surface area contributed by atoms with Crippen LogP contribution in [0.15, 0.2) is 6.20 Å². The van der Waals surface area contributed by atoms with Gasteiger partial charge in [0.05, 0.1) is 13.2 Å². The molecule has 0 saturated heterocycles. The van der Waals surface area contributed by atoms with Gasteiger partial charge in [-0.3, -0.25) is 4.79 Å². The molecule has 0 amide bonds. The minimum Gasteiger partial charge on any atom is -0.465 e. The van der Waals surface area contributed by atoms with E-state index in [2.05, 4.69) is 15.3 Å². The lowest BCUT2D eigenvalue weighted by molar-refractivity contribution is -0.142. The highest BCUT2D eigenvalue weighted by atomic mass is 16.5. The summed E-state index contributed by atoms with van der Waals surface area (Å²) in [5.41, 5.74) is 0.965. The number of carbonyl (C=O) groups excluding carboxylic acids is 1. The number of carbonyl (C=O) groups is 1. The molecule has 0 spiro atoms. The van der Waals surface area contributed by atoms with Gasteiger partial charge in [0.1, 0.15) is 5.82 Å². The SMILES string of the molecule is CCOC(=O)CNCc1cnc(C)[nH]1. The lowest BCUT2D eigenvalue weighted by Crippen LogP contribution is -2.24. The molecule has 0 atom stereocenters. The highest BCUT2D eigenvalue weighted by Gasteiger charge is 2.01. The number of H-pyrrole nitrogens is 1. The van der Waals surface area contributed by atoms with E-state index in [9.17, 15) is 4.79 Å². The van der Waals surface area contributed by atoms with Crippen LogP contribution in [0, 0.1) is 6.92 Å². The molecule has 78 valence electrons. The Morgan fingerprint density at radius 1 is 1.71 bits per heavy atom. The summed E-state index contributed by atoms with van der Waals surface area (Å²) >= 11 is 0. The molecule has 0 bridgehead atoms. The Kier molecular flexibility index (Phi) is 4.12. The zero-order chi connectivity index (χ0) is 10.4. The Bertz CT molecular complexity index is 296. The molecule has 1 aromatic heterocycles. The third-order valence-corrected chi connectivity index (χ3v) is 1.65. The van der Waals surface area contributed by atoms with E-state index in [1.54, 1.807) is 13.1 Å². The summed E-state index contributed by atoms with van der Waals surface area (Å²) in [4.78, 5) is 18.0. The summed E-state index contributed by atoms with van der Waals surface area (Å²) in [5.74, 6) is 0.640. The van der Waals surface area contributed by atoms with E-state index >= 15 is 0 Å². The van der Waals surface area contributed by atoms with E-state index in [0.29, 0.717) is 13.2 Å². The van der Waals surface area contributed by atoms with Gasteiger partial charge in [-0.05, 0) is 13.8 Å². The standard InChI is InChI=1S/C9H15N3O2/c1-3-14-9(13)6-10-4-8-5-11-7(2)12-8/h5,10H,3-4,6H2,1-2H3,(H,11,12). The molecule has 0 unspecified atom stereocenters. The number of hydrogen-bond acceptors (Lipinski definition) is 4. The monoisotopic (exact) mass is 197 g/mol. The summed E-state index contributed by atoms with van der Waals surface area (Å²) in [6.45, 7) is 4.92. The first-order chi connectivity index (χ1) is 6.72. The van der Waals surface area contributed by atoms with Gasteiger partial charge in [0.2, 0.25) is 0 Å². The van der Waals surface area contributed by atoms with Crippen LogP contribution in [0.4, 0.5) is 0 Å². The molecule has 0 aliphatic rings. The molecule has 14 heavy (non-hydrogen) atoms. The Hall–Kier alpha value is -1.36. The van der Waals surface area contributed by atoms with Gasteiger partial charge in [-0.1, -0.05) is 0 Å². The van der Waals surface area contributed by atoms with E-state index in [1.165, 1.54) is 0 Å². The maximum absolute atomic E-state index is 10.9. The Balaban J connectivity index is 2.18. The van der Waals surface area contributed by atoms with Crippen molar-refractivity contribution in [2.45, 2.75) is 20.4 Å². The quantitative estimate of drug-likeness (QED) is 0.669. The lowest BCUT2D eigenvalue weighted by atomic mass is 10.4. The number of ether oxygens (including phenoxy) is 1. The Morgan fingerprint density at radius 3 is 3.07 bits per heavy atom. The maximum Gasteiger partial charge on any atom is 0.319 e. The molecule has 5 nitrogen and oxygen atoms in total. The second-order valence-electron chi connectivity index (χ2n) is 2.90. The summed E-state index contributed by atoms with van der Waals surface area (Å²) < 4.78 is 4.76. The number of nitrogens with one attached hydrogen (secondary N) is 2. The molecule has 1 rings (SSSR count). The van der Waals surface area contributed by atoms with Crippen LogP contribution in [0.1, 0.15) is 18.4 Å². The van der Waals surface area contributed by atoms with E-state index in [1.807, 2.05) is 6.92 Å². The number of aromatic nitrogens is 2. The van der Waals surface area contributed by atoms with Crippen LogP contribution < -0.4 is 5.32 Å². The fourth-order valence-corrected chi connectivity index (χ4v) is 1.07. The Morgan fingerprint density at radius 2 is 2.50 bits per heavy atom. The van der Waals surface area contributed by atoms with Crippen molar-refractivity contribution in [1.29, 1.82) is 0 Å². The van der Waals surface area contributed by atoms with Gasteiger partial charge in [0.15, 0.2) is 0 Å². The molecule has 0 saturated carbocycles. The van der Waals surface area contributed by atoms with Crippen molar-refractivity contribution >= 4 is 5.97 Å². The van der Waals surface area contributed by atoms with Gasteiger partial charge >= 0.3 is 5.97 Å². The molecule has 1 heterocycles. The summed E-state index contributed by atoms with van der Waals surface area (Å²) in [6, 6.07) is 0. The molecule has 0 aliphatic heterocycles. The van der Waals surface area contributed by atoms with E-state index in [0.717, 1.165) is 11.5 Å². The fraction of sp³-hybridized carbons (Fsp3) is 0.556. The summed E-state index contributed by atoms with van der Waals surface area (Å²) in [6.07, 6.45) is 1.74. The summed E-state index contributed by atoms with van der Waals surface area (Å²) in [7, 11) is 0. The average molecular weight is 197 g/mol. The number of imidazole rings is 1. The van der Waals surface area contributed by atoms with E-state index < -0.39 is 0 Å². The second kappa shape index (κ2) is 5.39. The minimum atomic E-state index is -0.233. The Labute approximate surface area is 82.9 Å². The number of aryl methyl sites for hydroxylation is 1. The van der Waals surface area contributed by atoms with Crippen molar-refractivity contribution in [1.82, 2.24) is 15.3 Å². The smallest absolute Gasteiger partial charge is 0.319 e. The van der Waals surface area contributed by atoms with Crippen LogP contribution in [0.5, 0.6) is 0 Å². The zero-order valence-electron chi connectivity index (χ0n) is 8.46. The predicted molar refractivity (Wildman–Crippen MR) is 51.7 cm³/mol. The maximum atomic E-state index is 10.9. The van der Waals surface area contributed by atoms with E-state index in [-0.39, 0.29) is 12.5 Å². The largest absolute Gasteiger partial charge is 0.465 e. The molecule has 0 fully saturated rings. The molecular weight excluding hydrogens is 182 g/mol. The molecular formula is C9H15N3O2. The lowest BCUT2D eigenvalue weighted by Gasteiger charge is -2.02. The number of rotatable bonds is 5. The van der Waals surface area contributed by atoms with Crippen molar-refractivity contribution < 1.29 is 9.53 Å². The van der Waals surface area contributed by atoms with Gasteiger partial charge in [-0.2, -0.15) is 0 Å². The van der Waals surface area contributed by atoms with Crippen LogP contribution in [0.3, 0.4) is 0 Å². The van der Waals surface area contributed by atoms with Crippen LogP contribution in [-0.2, 0) is 16.1 Å². The number of hydrogen-bond donors (Lipinski definition) is 2. The van der Waals surface area contributed by atoms with Gasteiger partial charge in [0, 0.05) is 18.4 Å². The first-order valence-electron chi connectivity index (χ1n) is 4.59. The van der Waals surface area contributed by atoms with Gasteiger partial charge in [0.25, 0.3) is 0 Å². The van der Waals surface area contributed by atoms with Gasteiger partial charge in [-0.25, -0.2) is 4.98 Å². The van der Waals surface area contributed by atoms with Crippen molar-refractivity contribution in [2.24, 2.45) is 0 Å². The van der Waals surface area contributed by atoms with Gasteiger partial charge in [-0.15, -0.1) is 0 Å². The normalized spacial score (nSPS) is 10.1. The first kappa shape index (κ1) is 10.7. The molecule has 0 radical (unpaired) electrons. The van der Waals surface area contributed by atoms with E-state index in [4.69, 9.17) is 4.74 Å². The van der Waals surface area contributed by atoms with Crippen LogP contribution >= 0.6 is 0 Å². The number of nitrogens with zero attached hydrogens (tertiary/aromatic N) is 1. The van der Waals surface area contributed by atoms with Crippen LogP contribution in [0.2, 0.25) is 0 Å². The van der Waals surface area contributed by atoms with Crippen molar-refractivity contribution in [3.8, 4) is 0 Å².